The summed E-state index contributed by atoms with van der Waals surface area (Å²) in [5, 5.41) is 0. The first-order valence-corrected chi connectivity index (χ1v) is 8.08. The molecule has 3 heteroatoms. The van der Waals surface area contributed by atoms with Crippen LogP contribution in [0, 0.1) is 0 Å². The molecule has 0 atom stereocenters. The van der Waals surface area contributed by atoms with Crippen molar-refractivity contribution >= 4 is 35.5 Å². The molecule has 1 aromatic rings. The molecule has 0 spiro atoms. The number of esters is 1. The van der Waals surface area contributed by atoms with Gasteiger partial charge in [0.05, 0.1) is 0 Å². The number of carbonyl (C=O) groups is 1. The van der Waals surface area contributed by atoms with E-state index in [0.29, 0.717) is 12.2 Å². The third-order valence-electron chi connectivity index (χ3n) is 3.46. The minimum absolute atomic E-state index is 0. The van der Waals surface area contributed by atoms with Gasteiger partial charge in [0.2, 0.25) is 0 Å². The van der Waals surface area contributed by atoms with Gasteiger partial charge in [-0.25, -0.2) is 0 Å². The van der Waals surface area contributed by atoms with E-state index >= 15 is 0 Å². The summed E-state index contributed by atoms with van der Waals surface area (Å²) in [5.74, 6) is 0.535. The zero-order valence-electron chi connectivity index (χ0n) is 12.8. The summed E-state index contributed by atoms with van der Waals surface area (Å²) in [6.45, 7) is 2.24. The van der Waals surface area contributed by atoms with Gasteiger partial charge in [-0.05, 0) is 18.6 Å². The summed E-state index contributed by atoms with van der Waals surface area (Å²) in [5.41, 5.74) is 0. The van der Waals surface area contributed by atoms with Crippen molar-refractivity contribution in [2.24, 2.45) is 0 Å². The van der Waals surface area contributed by atoms with Gasteiger partial charge in [-0.2, -0.15) is 0 Å². The first kappa shape index (κ1) is 20.7. The van der Waals surface area contributed by atoms with Gasteiger partial charge in [0.1, 0.15) is 5.75 Å². The van der Waals surface area contributed by atoms with Crippen molar-refractivity contribution in [3.05, 3.63) is 30.3 Å². The first-order chi connectivity index (χ1) is 9.83. The van der Waals surface area contributed by atoms with Crippen LogP contribution in [0.5, 0.6) is 5.75 Å². The Morgan fingerprint density at radius 1 is 0.857 bits per heavy atom. The Hall–Kier alpha value is -0.310. The van der Waals surface area contributed by atoms with Crippen molar-refractivity contribution in [2.75, 3.05) is 0 Å². The number of rotatable bonds is 11. The Morgan fingerprint density at radius 3 is 1.95 bits per heavy atom. The van der Waals surface area contributed by atoms with Gasteiger partial charge in [-0.3, -0.25) is 4.79 Å². The molecule has 0 saturated heterocycles. The zero-order chi connectivity index (χ0) is 14.5. The van der Waals surface area contributed by atoms with Gasteiger partial charge in [-0.1, -0.05) is 76.5 Å². The summed E-state index contributed by atoms with van der Waals surface area (Å²) >= 11 is 0. The number of hydrogen-bond donors (Lipinski definition) is 0. The first-order valence-electron chi connectivity index (χ1n) is 8.08. The van der Waals surface area contributed by atoms with Crippen LogP contribution in [-0.2, 0) is 4.79 Å². The van der Waals surface area contributed by atoms with E-state index in [4.69, 9.17) is 4.74 Å². The molecule has 0 aliphatic heterocycles. The molecule has 0 bridgehead atoms. The van der Waals surface area contributed by atoms with E-state index in [0.717, 1.165) is 12.8 Å². The normalized spacial score (nSPS) is 9.95. The summed E-state index contributed by atoms with van der Waals surface area (Å²) in [7, 11) is 0. The van der Waals surface area contributed by atoms with Crippen LogP contribution in [0.1, 0.15) is 71.1 Å². The molecule has 0 unspecified atom stereocenters. The number of hydrogen-bond acceptors (Lipinski definition) is 2. The zero-order valence-corrected chi connectivity index (χ0v) is 12.8. The SMILES string of the molecule is CCCCCCCCCCCC(=O)Oc1ccccc1.[NaH]. The fourth-order valence-electron chi connectivity index (χ4n) is 2.25. The van der Waals surface area contributed by atoms with Crippen LogP contribution in [0.3, 0.4) is 0 Å². The van der Waals surface area contributed by atoms with Crippen LogP contribution in [0.2, 0.25) is 0 Å². The Morgan fingerprint density at radius 2 is 1.38 bits per heavy atom. The number of ether oxygens (including phenoxy) is 1. The van der Waals surface area contributed by atoms with E-state index in [1.165, 1.54) is 44.9 Å². The van der Waals surface area contributed by atoms with Crippen molar-refractivity contribution < 1.29 is 9.53 Å². The molecule has 1 aromatic carbocycles. The van der Waals surface area contributed by atoms with E-state index in [2.05, 4.69) is 6.92 Å². The molecule has 21 heavy (non-hydrogen) atoms. The van der Waals surface area contributed by atoms with Crippen LogP contribution in [0.25, 0.3) is 0 Å². The Labute approximate surface area is 151 Å². The number of benzene rings is 1. The second-order valence-corrected chi connectivity index (χ2v) is 5.37. The van der Waals surface area contributed by atoms with Gasteiger partial charge < -0.3 is 4.74 Å². The predicted molar refractivity (Wildman–Crippen MR) is 91.1 cm³/mol. The van der Waals surface area contributed by atoms with Gasteiger partial charge in [0.15, 0.2) is 0 Å². The molecule has 2 nitrogen and oxygen atoms in total. The molecular weight excluding hydrogens is 271 g/mol. The van der Waals surface area contributed by atoms with E-state index in [9.17, 15) is 4.79 Å². The van der Waals surface area contributed by atoms with Crippen molar-refractivity contribution in [1.29, 1.82) is 0 Å². The van der Waals surface area contributed by atoms with Gasteiger partial charge in [0, 0.05) is 6.42 Å². The van der Waals surface area contributed by atoms with Crippen LogP contribution in [0.4, 0.5) is 0 Å². The maximum atomic E-state index is 11.6. The topological polar surface area (TPSA) is 26.3 Å². The van der Waals surface area contributed by atoms with Gasteiger partial charge in [-0.15, -0.1) is 0 Å². The Bertz CT molecular complexity index is 351. The molecule has 0 fully saturated rings. The predicted octanol–water partition coefficient (Wildman–Crippen LogP) is 4.86. The summed E-state index contributed by atoms with van der Waals surface area (Å²) < 4.78 is 5.25. The number of carbonyl (C=O) groups excluding carboxylic acids is 1. The quantitative estimate of drug-likeness (QED) is 0.252. The molecule has 0 aromatic heterocycles. The molecule has 0 N–H and O–H groups in total. The summed E-state index contributed by atoms with van der Waals surface area (Å²) in [6, 6.07) is 9.29. The molecule has 1 rings (SSSR count). The molecule has 0 aliphatic rings. The van der Waals surface area contributed by atoms with E-state index in [1.54, 1.807) is 0 Å². The average molecular weight is 300 g/mol. The fourth-order valence-corrected chi connectivity index (χ4v) is 2.25. The number of para-hydroxylation sites is 1. The molecule has 0 aliphatic carbocycles. The molecule has 0 saturated carbocycles. The summed E-state index contributed by atoms with van der Waals surface area (Å²) in [6.07, 6.45) is 11.9. The fraction of sp³-hybridized carbons (Fsp3) is 0.611. The molecule has 0 heterocycles. The van der Waals surface area contributed by atoms with Crippen molar-refractivity contribution in [1.82, 2.24) is 0 Å². The van der Waals surface area contributed by atoms with Crippen molar-refractivity contribution in [3.8, 4) is 5.75 Å². The van der Waals surface area contributed by atoms with Crippen LogP contribution in [0.15, 0.2) is 30.3 Å². The van der Waals surface area contributed by atoms with Crippen molar-refractivity contribution in [2.45, 2.75) is 71.1 Å². The minimum atomic E-state index is -0.112. The van der Waals surface area contributed by atoms with Crippen LogP contribution < -0.4 is 4.74 Å². The van der Waals surface area contributed by atoms with Gasteiger partial charge >= 0.3 is 35.5 Å². The summed E-state index contributed by atoms with van der Waals surface area (Å²) in [4.78, 5) is 11.6. The second kappa shape index (κ2) is 14.6. The maximum absolute atomic E-state index is 11.6. The van der Waals surface area contributed by atoms with Crippen LogP contribution in [-0.4, -0.2) is 35.5 Å². The molecular formula is C18H29NaO2. The Kier molecular flexibility index (Phi) is 14.4. The molecule has 0 amide bonds. The third-order valence-corrected chi connectivity index (χ3v) is 3.46. The Balaban J connectivity index is 0.00000400. The van der Waals surface area contributed by atoms with Crippen molar-refractivity contribution in [3.63, 3.8) is 0 Å². The third kappa shape index (κ3) is 12.0. The van der Waals surface area contributed by atoms with E-state index < -0.39 is 0 Å². The van der Waals surface area contributed by atoms with E-state index in [-0.39, 0.29) is 35.5 Å². The average Bonchev–Trinajstić information content (AvgIpc) is 2.46. The molecule has 0 radical (unpaired) electrons. The monoisotopic (exact) mass is 300 g/mol. The molecule has 114 valence electrons. The van der Waals surface area contributed by atoms with Gasteiger partial charge in [0.25, 0.3) is 0 Å². The second-order valence-electron chi connectivity index (χ2n) is 5.37. The van der Waals surface area contributed by atoms with Crippen LogP contribution >= 0.6 is 0 Å². The van der Waals surface area contributed by atoms with E-state index in [1.807, 2.05) is 30.3 Å². The number of unbranched alkanes of at least 4 members (excludes halogenated alkanes) is 8. The standard InChI is InChI=1S/C18H28O2.Na.H/c1-2-3-4-5-6-7-8-9-13-16-18(19)20-17-14-11-10-12-15-17;;/h10-12,14-15H,2-9,13,16H2,1H3;;.